The molecule has 7 nitrogen and oxygen atoms in total. The number of nitrogens with one attached hydrogen (secondary N) is 2. The maximum atomic E-state index is 13.1. The summed E-state index contributed by atoms with van der Waals surface area (Å²) in [4.78, 5) is 38.1. The molecular formula is C24H26N4O3. The molecule has 0 saturated carbocycles. The van der Waals surface area contributed by atoms with E-state index in [4.69, 9.17) is 0 Å². The Morgan fingerprint density at radius 2 is 1.55 bits per heavy atom. The fourth-order valence-corrected chi connectivity index (χ4v) is 2.89. The average Bonchev–Trinajstić information content (AvgIpc) is 2.76. The number of nitrogens with zero attached hydrogens (tertiary/aromatic N) is 2. The van der Waals surface area contributed by atoms with Crippen LogP contribution in [0.25, 0.3) is 11.3 Å². The van der Waals surface area contributed by atoms with E-state index in [-0.39, 0.29) is 23.4 Å². The average molecular weight is 418 g/mol. The number of hydrogen-bond donors (Lipinski definition) is 2. The highest BCUT2D eigenvalue weighted by Crippen LogP contribution is 2.20. The van der Waals surface area contributed by atoms with E-state index in [0.29, 0.717) is 11.4 Å². The molecule has 2 amide bonds. The van der Waals surface area contributed by atoms with Gasteiger partial charge in [-0.2, -0.15) is 5.10 Å². The van der Waals surface area contributed by atoms with E-state index in [0.717, 1.165) is 15.8 Å². The Labute approximate surface area is 181 Å². The van der Waals surface area contributed by atoms with Gasteiger partial charge in [-0.3, -0.25) is 14.4 Å². The van der Waals surface area contributed by atoms with Gasteiger partial charge in [0.2, 0.25) is 11.8 Å². The van der Waals surface area contributed by atoms with Crippen LogP contribution in [0.1, 0.15) is 32.4 Å². The fourth-order valence-electron chi connectivity index (χ4n) is 2.89. The minimum atomic E-state index is -0.896. The molecule has 1 heterocycles. The van der Waals surface area contributed by atoms with Crippen molar-refractivity contribution in [1.29, 1.82) is 0 Å². The molecule has 3 rings (SSSR count). The first-order valence-electron chi connectivity index (χ1n) is 10.1. The Kier molecular flexibility index (Phi) is 6.65. The topological polar surface area (TPSA) is 93.1 Å². The van der Waals surface area contributed by atoms with Crippen LogP contribution in [-0.2, 0) is 9.59 Å². The van der Waals surface area contributed by atoms with Crippen LogP contribution in [-0.4, -0.2) is 21.6 Å². The molecule has 0 saturated heterocycles. The number of carbonyl (C=O) groups excluding carboxylic acids is 2. The summed E-state index contributed by atoms with van der Waals surface area (Å²) in [5.41, 5.74) is 2.49. The van der Waals surface area contributed by atoms with E-state index in [1.54, 1.807) is 39.0 Å². The van der Waals surface area contributed by atoms with E-state index in [2.05, 4.69) is 15.7 Å². The highest BCUT2D eigenvalue weighted by molar-refractivity contribution is 5.94. The maximum absolute atomic E-state index is 13.1. The fraction of sp³-hybridized carbons (Fsp3) is 0.250. The van der Waals surface area contributed by atoms with Gasteiger partial charge in [-0.1, -0.05) is 61.9 Å². The van der Waals surface area contributed by atoms with Crippen molar-refractivity contribution in [2.24, 2.45) is 5.92 Å². The van der Waals surface area contributed by atoms with Crippen molar-refractivity contribution in [3.63, 3.8) is 0 Å². The maximum Gasteiger partial charge on any atom is 0.291 e. The Hall–Kier alpha value is -3.74. The summed E-state index contributed by atoms with van der Waals surface area (Å²) < 4.78 is 1.11. The molecule has 2 aromatic carbocycles. The summed E-state index contributed by atoms with van der Waals surface area (Å²) in [7, 11) is 0. The van der Waals surface area contributed by atoms with Crippen molar-refractivity contribution in [1.82, 2.24) is 9.78 Å². The van der Waals surface area contributed by atoms with Gasteiger partial charge in [0.25, 0.3) is 5.56 Å². The number of hydrogen-bond acceptors (Lipinski definition) is 4. The lowest BCUT2D eigenvalue weighted by Crippen LogP contribution is -2.36. The van der Waals surface area contributed by atoms with Crippen molar-refractivity contribution in [2.45, 2.75) is 33.7 Å². The minimum Gasteiger partial charge on any atom is -0.324 e. The second-order valence-electron chi connectivity index (χ2n) is 7.73. The number of aryl methyl sites for hydroxylation is 1. The lowest BCUT2D eigenvalue weighted by atomic mass is 10.1. The van der Waals surface area contributed by atoms with Gasteiger partial charge in [-0.25, -0.2) is 4.68 Å². The van der Waals surface area contributed by atoms with Gasteiger partial charge in [-0.15, -0.1) is 0 Å². The molecule has 0 aliphatic rings. The molecule has 1 aromatic heterocycles. The zero-order valence-corrected chi connectivity index (χ0v) is 18.0. The summed E-state index contributed by atoms with van der Waals surface area (Å²) in [6.45, 7) is 7.04. The van der Waals surface area contributed by atoms with Crippen LogP contribution in [0.4, 0.5) is 11.4 Å². The van der Waals surface area contributed by atoms with Crippen molar-refractivity contribution in [3.05, 3.63) is 76.6 Å². The molecule has 0 fully saturated rings. The largest absolute Gasteiger partial charge is 0.324 e. The molecule has 0 bridgehead atoms. The summed E-state index contributed by atoms with van der Waals surface area (Å²) in [5, 5.41) is 9.90. The predicted octanol–water partition coefficient (Wildman–Crippen LogP) is 4.01. The first-order valence-corrected chi connectivity index (χ1v) is 10.1. The lowest BCUT2D eigenvalue weighted by molar-refractivity contribution is -0.119. The van der Waals surface area contributed by atoms with E-state index >= 15 is 0 Å². The van der Waals surface area contributed by atoms with Gasteiger partial charge in [0, 0.05) is 17.2 Å². The zero-order chi connectivity index (χ0) is 22.5. The molecule has 0 aliphatic carbocycles. The van der Waals surface area contributed by atoms with Crippen molar-refractivity contribution >= 4 is 23.2 Å². The van der Waals surface area contributed by atoms with Crippen LogP contribution in [0.3, 0.4) is 0 Å². The van der Waals surface area contributed by atoms with Crippen molar-refractivity contribution < 1.29 is 9.59 Å². The van der Waals surface area contributed by atoms with Gasteiger partial charge >= 0.3 is 0 Å². The molecular weight excluding hydrogens is 392 g/mol. The van der Waals surface area contributed by atoms with Gasteiger partial charge in [0.1, 0.15) is 11.7 Å². The molecule has 2 N–H and O–H groups in total. The van der Waals surface area contributed by atoms with Crippen LogP contribution in [0.15, 0.2) is 65.5 Å². The Morgan fingerprint density at radius 3 is 2.16 bits per heavy atom. The smallest absolute Gasteiger partial charge is 0.291 e. The molecule has 160 valence electrons. The predicted molar refractivity (Wildman–Crippen MR) is 122 cm³/mol. The molecule has 1 atom stereocenters. The number of amides is 2. The Balaban J connectivity index is 2.00. The second kappa shape index (κ2) is 9.38. The third-order valence-corrected chi connectivity index (χ3v) is 4.85. The number of rotatable bonds is 6. The van der Waals surface area contributed by atoms with Gasteiger partial charge in [0.05, 0.1) is 5.69 Å². The molecule has 3 aromatic rings. The normalized spacial score (nSPS) is 11.8. The summed E-state index contributed by atoms with van der Waals surface area (Å²) in [6, 6.07) is 17.3. The second-order valence-corrected chi connectivity index (χ2v) is 7.73. The first kappa shape index (κ1) is 22.0. The monoisotopic (exact) mass is 418 g/mol. The number of benzene rings is 2. The van der Waals surface area contributed by atoms with Crippen LogP contribution in [0.5, 0.6) is 0 Å². The molecule has 0 unspecified atom stereocenters. The van der Waals surface area contributed by atoms with E-state index in [9.17, 15) is 14.4 Å². The standard InChI is InChI=1S/C24H26N4O3/c1-15(2)22(29)26-21-14-20(18-8-6-5-7-9-18)27-28(24(21)31)17(4)23(30)25-19-12-10-16(3)11-13-19/h5-15,17H,1-4H3,(H,25,30)(H,26,29)/t17-/m0/s1. The summed E-state index contributed by atoms with van der Waals surface area (Å²) >= 11 is 0. The van der Waals surface area contributed by atoms with E-state index < -0.39 is 11.6 Å². The molecule has 7 heteroatoms. The quantitative estimate of drug-likeness (QED) is 0.632. The minimum absolute atomic E-state index is 0.0857. The van der Waals surface area contributed by atoms with Gasteiger partial charge < -0.3 is 10.6 Å². The highest BCUT2D eigenvalue weighted by Gasteiger charge is 2.22. The SMILES string of the molecule is Cc1ccc(NC(=O)[C@H](C)n2nc(-c3ccccc3)cc(NC(=O)C(C)C)c2=O)cc1. The number of anilines is 2. The zero-order valence-electron chi connectivity index (χ0n) is 18.0. The van der Waals surface area contributed by atoms with Crippen LogP contribution in [0, 0.1) is 12.8 Å². The van der Waals surface area contributed by atoms with E-state index in [1.807, 2.05) is 49.4 Å². The van der Waals surface area contributed by atoms with Crippen molar-refractivity contribution in [2.75, 3.05) is 10.6 Å². The summed E-state index contributed by atoms with van der Waals surface area (Å²) in [5.74, 6) is -0.973. The molecule has 0 spiro atoms. The number of carbonyl (C=O) groups is 2. The van der Waals surface area contributed by atoms with Gasteiger partial charge in [-0.05, 0) is 32.0 Å². The lowest BCUT2D eigenvalue weighted by Gasteiger charge is -2.17. The Morgan fingerprint density at radius 1 is 0.903 bits per heavy atom. The molecule has 31 heavy (non-hydrogen) atoms. The van der Waals surface area contributed by atoms with Gasteiger partial charge in [0.15, 0.2) is 0 Å². The highest BCUT2D eigenvalue weighted by atomic mass is 16.2. The van der Waals surface area contributed by atoms with Crippen LogP contribution >= 0.6 is 0 Å². The summed E-state index contributed by atoms with van der Waals surface area (Å²) in [6.07, 6.45) is 0. The Bertz CT molecular complexity index is 1140. The third kappa shape index (κ3) is 5.25. The van der Waals surface area contributed by atoms with Crippen molar-refractivity contribution in [3.8, 4) is 11.3 Å². The molecule has 0 aliphatic heterocycles. The first-order chi connectivity index (χ1) is 14.8. The third-order valence-electron chi connectivity index (χ3n) is 4.85. The van der Waals surface area contributed by atoms with E-state index in [1.165, 1.54) is 0 Å². The molecule has 0 radical (unpaired) electrons. The van der Waals surface area contributed by atoms with Crippen LogP contribution in [0.2, 0.25) is 0 Å². The van der Waals surface area contributed by atoms with Crippen LogP contribution < -0.4 is 16.2 Å². The number of aromatic nitrogens is 2.